The number of halogens is 1. The number of hydrogen-bond donors (Lipinski definition) is 2. The highest BCUT2D eigenvalue weighted by Gasteiger charge is 2.19. The molecule has 6 heteroatoms. The van der Waals surface area contributed by atoms with Crippen LogP contribution in [0.5, 0.6) is 0 Å². The predicted molar refractivity (Wildman–Crippen MR) is 73.2 cm³/mol. The zero-order valence-corrected chi connectivity index (χ0v) is 11.9. The molecule has 0 fully saturated rings. The summed E-state index contributed by atoms with van der Waals surface area (Å²) < 4.78 is 27.3. The summed E-state index contributed by atoms with van der Waals surface area (Å²) >= 11 is 3.23. The highest BCUT2D eigenvalue weighted by atomic mass is 79.9. The third-order valence-electron chi connectivity index (χ3n) is 2.14. The summed E-state index contributed by atoms with van der Waals surface area (Å²) in [5, 5.41) is 0. The molecule has 0 saturated carbocycles. The second-order valence-electron chi connectivity index (χ2n) is 3.73. The molecular formula is C11H15BrN2O2S. The van der Waals surface area contributed by atoms with Crippen molar-refractivity contribution in [2.75, 3.05) is 5.73 Å². The monoisotopic (exact) mass is 318 g/mol. The molecule has 4 nitrogen and oxygen atoms in total. The third kappa shape index (κ3) is 3.83. The van der Waals surface area contributed by atoms with Gasteiger partial charge in [-0.05, 0) is 31.5 Å². The lowest BCUT2D eigenvalue weighted by molar-refractivity contribution is 0.562. The van der Waals surface area contributed by atoms with Gasteiger partial charge in [-0.1, -0.05) is 22.0 Å². The molecule has 17 heavy (non-hydrogen) atoms. The van der Waals surface area contributed by atoms with Crippen molar-refractivity contribution in [2.24, 2.45) is 0 Å². The van der Waals surface area contributed by atoms with Crippen molar-refractivity contribution in [2.45, 2.75) is 24.3 Å². The minimum absolute atomic E-state index is 0.0941. The Hall–Kier alpha value is -0.850. The van der Waals surface area contributed by atoms with E-state index in [1.807, 2.05) is 0 Å². The van der Waals surface area contributed by atoms with E-state index in [1.54, 1.807) is 25.1 Å². The molecule has 0 bridgehead atoms. The van der Waals surface area contributed by atoms with Gasteiger partial charge in [0, 0.05) is 10.5 Å². The second-order valence-corrected chi connectivity index (χ2v) is 6.33. The molecular weight excluding hydrogens is 304 g/mol. The zero-order valence-electron chi connectivity index (χ0n) is 9.48. The first-order valence-electron chi connectivity index (χ1n) is 5.05. The molecule has 0 aliphatic carbocycles. The van der Waals surface area contributed by atoms with Crippen LogP contribution in [0.2, 0.25) is 0 Å². The van der Waals surface area contributed by atoms with Crippen LogP contribution < -0.4 is 10.5 Å². The van der Waals surface area contributed by atoms with Gasteiger partial charge in [-0.25, -0.2) is 13.1 Å². The first-order valence-corrected chi connectivity index (χ1v) is 7.32. The molecule has 1 unspecified atom stereocenters. The molecule has 0 aliphatic rings. The van der Waals surface area contributed by atoms with Crippen LogP contribution in [0.4, 0.5) is 5.69 Å². The lowest BCUT2D eigenvalue weighted by Gasteiger charge is -2.13. The van der Waals surface area contributed by atoms with Crippen molar-refractivity contribution in [1.82, 2.24) is 4.72 Å². The molecule has 1 atom stereocenters. The second kappa shape index (κ2) is 5.66. The Balaban J connectivity index is 3.01. The molecule has 1 aromatic rings. The Bertz CT molecular complexity index is 514. The number of nitrogens with one attached hydrogen (secondary N) is 1. The summed E-state index contributed by atoms with van der Waals surface area (Å²) in [6.45, 7) is 5.34. The molecule has 0 amide bonds. The van der Waals surface area contributed by atoms with Crippen molar-refractivity contribution in [3.8, 4) is 0 Å². The van der Waals surface area contributed by atoms with Crippen molar-refractivity contribution in [3.05, 3.63) is 35.3 Å². The van der Waals surface area contributed by atoms with Crippen LogP contribution in [-0.4, -0.2) is 14.5 Å². The van der Waals surface area contributed by atoms with Gasteiger partial charge < -0.3 is 5.73 Å². The van der Waals surface area contributed by atoms with E-state index < -0.39 is 10.0 Å². The molecule has 94 valence electrons. The predicted octanol–water partition coefficient (Wildman–Crippen LogP) is 2.27. The minimum atomic E-state index is -3.57. The maximum Gasteiger partial charge on any atom is 0.242 e. The van der Waals surface area contributed by atoms with E-state index >= 15 is 0 Å². The maximum absolute atomic E-state index is 12.0. The van der Waals surface area contributed by atoms with Crippen LogP contribution in [0, 0.1) is 0 Å². The van der Waals surface area contributed by atoms with E-state index in [2.05, 4.69) is 27.2 Å². The van der Waals surface area contributed by atoms with Crippen LogP contribution in [0.1, 0.15) is 13.3 Å². The SMILES string of the molecule is C=CCC(C)NS(=O)(=O)c1ccc(Br)cc1N. The quantitative estimate of drug-likeness (QED) is 0.646. The van der Waals surface area contributed by atoms with Gasteiger partial charge >= 0.3 is 0 Å². The Labute approximate surface area is 110 Å². The largest absolute Gasteiger partial charge is 0.398 e. The first kappa shape index (κ1) is 14.2. The van der Waals surface area contributed by atoms with E-state index in [1.165, 1.54) is 6.07 Å². The highest BCUT2D eigenvalue weighted by Crippen LogP contribution is 2.22. The molecule has 0 saturated heterocycles. The van der Waals surface area contributed by atoms with Crippen LogP contribution in [0.3, 0.4) is 0 Å². The average Bonchev–Trinajstić information content (AvgIpc) is 2.15. The maximum atomic E-state index is 12.0. The van der Waals surface area contributed by atoms with E-state index in [-0.39, 0.29) is 16.6 Å². The number of nitrogen functional groups attached to an aromatic ring is 1. The average molecular weight is 319 g/mol. The van der Waals surface area contributed by atoms with Crippen LogP contribution >= 0.6 is 15.9 Å². The summed E-state index contributed by atoms with van der Waals surface area (Å²) in [4.78, 5) is 0.0941. The lowest BCUT2D eigenvalue weighted by Crippen LogP contribution is -2.32. The van der Waals surface area contributed by atoms with Gasteiger partial charge in [-0.2, -0.15) is 0 Å². The van der Waals surface area contributed by atoms with Gasteiger partial charge in [0.15, 0.2) is 0 Å². The van der Waals surface area contributed by atoms with E-state index in [0.29, 0.717) is 6.42 Å². The normalized spacial score (nSPS) is 13.3. The van der Waals surface area contributed by atoms with Gasteiger partial charge in [0.2, 0.25) is 10.0 Å². The summed E-state index contributed by atoms with van der Waals surface area (Å²) in [7, 11) is -3.57. The number of benzene rings is 1. The molecule has 0 radical (unpaired) electrons. The van der Waals surface area contributed by atoms with Gasteiger partial charge in [0.1, 0.15) is 4.90 Å². The smallest absolute Gasteiger partial charge is 0.242 e. The van der Waals surface area contributed by atoms with Crippen LogP contribution in [0.15, 0.2) is 40.2 Å². The van der Waals surface area contributed by atoms with Crippen LogP contribution in [-0.2, 0) is 10.0 Å². The Morgan fingerprint density at radius 1 is 1.59 bits per heavy atom. The Kier molecular flexibility index (Phi) is 4.73. The van der Waals surface area contributed by atoms with E-state index in [4.69, 9.17) is 5.73 Å². The molecule has 1 aromatic carbocycles. The summed E-state index contributed by atoms with van der Waals surface area (Å²) in [6.07, 6.45) is 2.23. The summed E-state index contributed by atoms with van der Waals surface area (Å²) in [5.41, 5.74) is 5.91. The van der Waals surface area contributed by atoms with E-state index in [0.717, 1.165) is 4.47 Å². The van der Waals surface area contributed by atoms with Gasteiger partial charge in [-0.3, -0.25) is 0 Å². The summed E-state index contributed by atoms with van der Waals surface area (Å²) in [5.74, 6) is 0. The topological polar surface area (TPSA) is 72.2 Å². The van der Waals surface area contributed by atoms with Crippen molar-refractivity contribution in [3.63, 3.8) is 0 Å². The van der Waals surface area contributed by atoms with Crippen molar-refractivity contribution < 1.29 is 8.42 Å². The third-order valence-corrected chi connectivity index (χ3v) is 4.29. The lowest BCUT2D eigenvalue weighted by atomic mass is 10.3. The van der Waals surface area contributed by atoms with Crippen molar-refractivity contribution in [1.29, 1.82) is 0 Å². The fraction of sp³-hybridized carbons (Fsp3) is 0.273. The van der Waals surface area contributed by atoms with Crippen molar-refractivity contribution >= 4 is 31.6 Å². The Morgan fingerprint density at radius 3 is 2.76 bits per heavy atom. The number of anilines is 1. The Morgan fingerprint density at radius 2 is 2.24 bits per heavy atom. The summed E-state index contributed by atoms with van der Waals surface area (Å²) in [6, 6.07) is 4.47. The van der Waals surface area contributed by atoms with Gasteiger partial charge in [-0.15, -0.1) is 6.58 Å². The van der Waals surface area contributed by atoms with Crippen LogP contribution in [0.25, 0.3) is 0 Å². The first-order chi connectivity index (χ1) is 7.86. The minimum Gasteiger partial charge on any atom is -0.398 e. The molecule has 0 aromatic heterocycles. The molecule has 0 heterocycles. The van der Waals surface area contributed by atoms with E-state index in [9.17, 15) is 8.42 Å². The highest BCUT2D eigenvalue weighted by molar-refractivity contribution is 9.10. The molecule has 1 rings (SSSR count). The number of rotatable bonds is 5. The molecule has 0 aliphatic heterocycles. The number of nitrogens with two attached hydrogens (primary N) is 1. The zero-order chi connectivity index (χ0) is 13.1. The molecule has 0 spiro atoms. The van der Waals surface area contributed by atoms with Gasteiger partial charge in [0.05, 0.1) is 5.69 Å². The number of hydrogen-bond acceptors (Lipinski definition) is 3. The number of sulfonamides is 1. The fourth-order valence-corrected chi connectivity index (χ4v) is 3.14. The standard InChI is InChI=1S/C11H15BrN2O2S/c1-3-4-8(2)14-17(15,16)11-6-5-9(12)7-10(11)13/h3,5-8,14H,1,4,13H2,2H3. The molecule has 3 N–H and O–H groups in total. The fourth-order valence-electron chi connectivity index (χ4n) is 1.39. The van der Waals surface area contributed by atoms with Gasteiger partial charge in [0.25, 0.3) is 0 Å².